The molecule has 0 aliphatic carbocycles. The Bertz CT molecular complexity index is 1370. The van der Waals surface area contributed by atoms with Crippen molar-refractivity contribution in [2.45, 2.75) is 39.0 Å². The highest BCUT2D eigenvalue weighted by Crippen LogP contribution is 2.34. The summed E-state index contributed by atoms with van der Waals surface area (Å²) in [4.78, 5) is 25.0. The number of aryl methyl sites for hydroxylation is 1. The van der Waals surface area contributed by atoms with Crippen LogP contribution in [-0.2, 0) is 17.6 Å². The number of aromatic hydroxyl groups is 1. The summed E-state index contributed by atoms with van der Waals surface area (Å²) in [5.74, 6) is 1.47. The molecule has 0 atom stereocenters. The van der Waals surface area contributed by atoms with Crippen LogP contribution in [0.4, 0.5) is 0 Å². The second kappa shape index (κ2) is 12.2. The molecule has 1 N–H and O–H groups in total. The molecule has 186 valence electrons. The highest BCUT2D eigenvalue weighted by Gasteiger charge is 2.23. The molecule has 0 saturated heterocycles. The molecule has 36 heavy (non-hydrogen) atoms. The first-order chi connectivity index (χ1) is 17.3. The van der Waals surface area contributed by atoms with E-state index in [0.717, 1.165) is 24.6 Å². The summed E-state index contributed by atoms with van der Waals surface area (Å²) in [5, 5.41) is 10.9. The number of ketones is 2. The van der Waals surface area contributed by atoms with Crippen LogP contribution in [0.1, 0.15) is 53.4 Å². The molecule has 0 unspecified atom stereocenters. The number of fused-ring (bicyclic) bond motifs is 1. The fourth-order valence-electron chi connectivity index (χ4n) is 4.07. The van der Waals surface area contributed by atoms with E-state index >= 15 is 0 Å². The number of hydrogen-bond acceptors (Lipinski definition) is 5. The first kappa shape index (κ1) is 26.7. The van der Waals surface area contributed by atoms with Crippen LogP contribution in [0.5, 0.6) is 11.5 Å². The number of halogens is 2. The summed E-state index contributed by atoms with van der Waals surface area (Å²) < 4.78 is 13.4. The van der Waals surface area contributed by atoms with E-state index < -0.39 is 0 Å². The van der Waals surface area contributed by atoms with Gasteiger partial charge in [0.1, 0.15) is 28.6 Å². The van der Waals surface area contributed by atoms with Crippen molar-refractivity contribution < 1.29 is 23.8 Å². The van der Waals surface area contributed by atoms with Crippen LogP contribution in [0, 0.1) is 7.14 Å². The van der Waals surface area contributed by atoms with Gasteiger partial charge in [-0.3, -0.25) is 4.79 Å². The van der Waals surface area contributed by atoms with Gasteiger partial charge in [-0.05, 0) is 94.8 Å². The lowest BCUT2D eigenvalue weighted by molar-refractivity contribution is -0.117. The minimum absolute atomic E-state index is 0.149. The highest BCUT2D eigenvalue weighted by atomic mass is 127. The Kier molecular flexibility index (Phi) is 9.05. The molecule has 0 radical (unpaired) electrons. The Balaban J connectivity index is 1.62. The Morgan fingerprint density at radius 1 is 0.944 bits per heavy atom. The molecule has 0 spiro atoms. The van der Waals surface area contributed by atoms with E-state index in [0.29, 0.717) is 54.8 Å². The Hall–Kier alpha value is -2.40. The van der Waals surface area contributed by atoms with Crippen LogP contribution >= 0.6 is 45.2 Å². The third kappa shape index (κ3) is 6.47. The summed E-state index contributed by atoms with van der Waals surface area (Å²) in [6, 6.07) is 19.1. The zero-order valence-electron chi connectivity index (χ0n) is 19.9. The van der Waals surface area contributed by atoms with Crippen molar-refractivity contribution in [3.8, 4) is 11.5 Å². The van der Waals surface area contributed by atoms with Crippen molar-refractivity contribution in [1.29, 1.82) is 0 Å². The number of phenolic OH excluding ortho intramolecular Hbond substituents is 1. The van der Waals surface area contributed by atoms with E-state index in [1.165, 1.54) is 5.56 Å². The number of benzene rings is 3. The van der Waals surface area contributed by atoms with Crippen LogP contribution in [0.2, 0.25) is 0 Å². The lowest BCUT2D eigenvalue weighted by atomic mass is 9.98. The largest absolute Gasteiger partial charge is 0.506 e. The second-order valence-corrected chi connectivity index (χ2v) is 11.0. The SMILES string of the molecule is CC(=O)CCCCc1oc2cc(OCCc3ccccc3)ccc2c1C(=O)c1cc(I)c(O)c(I)c1. The molecule has 7 heteroatoms. The molecule has 3 aromatic carbocycles. The number of carbonyl (C=O) groups is 2. The Morgan fingerprint density at radius 3 is 2.36 bits per heavy atom. The van der Waals surface area contributed by atoms with Crippen molar-refractivity contribution >= 4 is 67.7 Å². The van der Waals surface area contributed by atoms with Gasteiger partial charge in [-0.15, -0.1) is 0 Å². The summed E-state index contributed by atoms with van der Waals surface area (Å²) in [5.41, 5.74) is 2.83. The molecule has 4 aromatic rings. The molecule has 4 rings (SSSR count). The maximum atomic E-state index is 13.7. The monoisotopic (exact) mass is 708 g/mol. The molecular formula is C29H26I2O5. The number of carbonyl (C=O) groups excluding carboxylic acids is 2. The highest BCUT2D eigenvalue weighted by molar-refractivity contribution is 14.1. The molecule has 0 amide bonds. The topological polar surface area (TPSA) is 76.7 Å². The van der Waals surface area contributed by atoms with Crippen molar-refractivity contribution in [1.82, 2.24) is 0 Å². The smallest absolute Gasteiger partial charge is 0.197 e. The van der Waals surface area contributed by atoms with Crippen molar-refractivity contribution in [3.05, 3.63) is 90.3 Å². The van der Waals surface area contributed by atoms with Gasteiger partial charge in [-0.1, -0.05) is 30.3 Å². The van der Waals surface area contributed by atoms with Crippen molar-refractivity contribution in [2.24, 2.45) is 0 Å². The number of rotatable bonds is 11. The van der Waals surface area contributed by atoms with Crippen LogP contribution in [0.25, 0.3) is 11.0 Å². The molecule has 0 aliphatic rings. The van der Waals surface area contributed by atoms with Gasteiger partial charge in [0, 0.05) is 36.3 Å². The minimum Gasteiger partial charge on any atom is -0.506 e. The molecule has 1 heterocycles. The third-order valence-electron chi connectivity index (χ3n) is 5.93. The van der Waals surface area contributed by atoms with E-state index in [1.54, 1.807) is 19.1 Å². The molecule has 0 bridgehead atoms. The number of furan rings is 1. The number of Topliss-reactive ketones (excluding diaryl/α,β-unsaturated/α-hetero) is 1. The first-order valence-electron chi connectivity index (χ1n) is 11.8. The molecular weight excluding hydrogens is 682 g/mol. The van der Waals surface area contributed by atoms with Gasteiger partial charge in [0.15, 0.2) is 5.78 Å². The second-order valence-electron chi connectivity index (χ2n) is 8.67. The van der Waals surface area contributed by atoms with Gasteiger partial charge >= 0.3 is 0 Å². The van der Waals surface area contributed by atoms with Gasteiger partial charge in [-0.2, -0.15) is 0 Å². The number of ether oxygens (including phenoxy) is 1. The molecule has 0 saturated carbocycles. The number of hydrogen-bond donors (Lipinski definition) is 1. The number of phenols is 1. The van der Waals surface area contributed by atoms with Crippen LogP contribution < -0.4 is 4.74 Å². The number of unbranched alkanes of at least 4 members (excludes halogenated alkanes) is 1. The summed E-state index contributed by atoms with van der Waals surface area (Å²) in [7, 11) is 0. The zero-order valence-corrected chi connectivity index (χ0v) is 24.2. The van der Waals surface area contributed by atoms with Gasteiger partial charge in [-0.25, -0.2) is 0 Å². The average Bonchev–Trinajstić information content (AvgIpc) is 3.22. The minimum atomic E-state index is -0.149. The predicted octanol–water partition coefficient (Wildman–Crippen LogP) is 7.50. The molecule has 1 aromatic heterocycles. The third-order valence-corrected chi connectivity index (χ3v) is 7.57. The fraction of sp³-hybridized carbons (Fsp3) is 0.241. The van der Waals surface area contributed by atoms with Crippen LogP contribution in [-0.4, -0.2) is 23.3 Å². The lowest BCUT2D eigenvalue weighted by Gasteiger charge is -2.07. The maximum absolute atomic E-state index is 13.7. The van der Waals surface area contributed by atoms with Gasteiger partial charge in [0.2, 0.25) is 0 Å². The zero-order chi connectivity index (χ0) is 25.7. The van der Waals surface area contributed by atoms with E-state index in [-0.39, 0.29) is 17.3 Å². The first-order valence-corrected chi connectivity index (χ1v) is 13.9. The van der Waals surface area contributed by atoms with Gasteiger partial charge in [0.25, 0.3) is 0 Å². The Labute approximate surface area is 237 Å². The van der Waals surface area contributed by atoms with E-state index in [4.69, 9.17) is 9.15 Å². The predicted molar refractivity (Wildman–Crippen MR) is 157 cm³/mol. The fourth-order valence-corrected chi connectivity index (χ4v) is 5.84. The molecule has 0 fully saturated rings. The van der Waals surface area contributed by atoms with E-state index in [2.05, 4.69) is 12.1 Å². The average molecular weight is 708 g/mol. The summed E-state index contributed by atoms with van der Waals surface area (Å²) in [6.07, 6.45) is 3.34. The normalized spacial score (nSPS) is 11.1. The lowest BCUT2D eigenvalue weighted by Crippen LogP contribution is -2.05. The summed E-state index contributed by atoms with van der Waals surface area (Å²) in [6.45, 7) is 2.12. The van der Waals surface area contributed by atoms with E-state index in [1.807, 2.05) is 81.6 Å². The van der Waals surface area contributed by atoms with Crippen molar-refractivity contribution in [2.75, 3.05) is 6.61 Å². The standard InChI is InChI=1S/C29H26I2O5/c1-18(32)7-5-6-10-25-27(28(33)20-15-23(30)29(34)24(31)16-20)22-12-11-21(17-26(22)36-25)35-14-13-19-8-3-2-4-9-19/h2-4,8-9,11-12,15-17,34H,5-7,10,13-14H2,1H3. The summed E-state index contributed by atoms with van der Waals surface area (Å²) >= 11 is 4.06. The maximum Gasteiger partial charge on any atom is 0.197 e. The quantitative estimate of drug-likeness (QED) is 0.0993. The van der Waals surface area contributed by atoms with E-state index in [9.17, 15) is 14.7 Å². The van der Waals surface area contributed by atoms with Crippen molar-refractivity contribution in [3.63, 3.8) is 0 Å². The Morgan fingerprint density at radius 2 is 1.67 bits per heavy atom. The van der Waals surface area contributed by atoms with Gasteiger partial charge < -0.3 is 19.1 Å². The van der Waals surface area contributed by atoms with Gasteiger partial charge in [0.05, 0.1) is 19.3 Å². The molecule has 0 aliphatic heterocycles. The molecule has 5 nitrogen and oxygen atoms in total. The van der Waals surface area contributed by atoms with Crippen LogP contribution in [0.15, 0.2) is 65.1 Å². The van der Waals surface area contributed by atoms with Crippen LogP contribution in [0.3, 0.4) is 0 Å².